The van der Waals surface area contributed by atoms with Gasteiger partial charge in [0, 0.05) is 16.1 Å². The van der Waals surface area contributed by atoms with Crippen LogP contribution >= 0.6 is 0 Å². The third kappa shape index (κ3) is 2.97. The van der Waals surface area contributed by atoms with Gasteiger partial charge in [0.1, 0.15) is 5.76 Å². The fourth-order valence-electron chi connectivity index (χ4n) is 3.30. The van der Waals surface area contributed by atoms with Gasteiger partial charge in [-0.25, -0.2) is 0 Å². The molecule has 0 aromatic heterocycles. The zero-order chi connectivity index (χ0) is 16.6. The number of nitro groups is 1. The van der Waals surface area contributed by atoms with E-state index in [0.29, 0.717) is 5.76 Å². The number of hydrogen-bond donors (Lipinski definition) is 0. The summed E-state index contributed by atoms with van der Waals surface area (Å²) in [6.45, 7) is 5.91. The summed E-state index contributed by atoms with van der Waals surface area (Å²) in [5.74, 6) is 0.713. The highest BCUT2D eigenvalue weighted by Gasteiger charge is 2.28. The van der Waals surface area contributed by atoms with Gasteiger partial charge in [-0.3, -0.25) is 10.1 Å². The molecule has 0 radical (unpaired) electrons. The molecule has 118 valence electrons. The fourth-order valence-corrected chi connectivity index (χ4v) is 3.30. The molecule has 4 nitrogen and oxygen atoms in total. The van der Waals surface area contributed by atoms with Gasteiger partial charge < -0.3 is 4.74 Å². The van der Waals surface area contributed by atoms with Crippen molar-refractivity contribution in [1.82, 2.24) is 0 Å². The van der Waals surface area contributed by atoms with Crippen LogP contribution in [0.1, 0.15) is 39.5 Å². The Kier molecular flexibility index (Phi) is 3.90. The molecule has 4 heteroatoms. The Morgan fingerprint density at radius 1 is 1.13 bits per heavy atom. The summed E-state index contributed by atoms with van der Waals surface area (Å²) in [5, 5.41) is 11.0. The Labute approximate surface area is 135 Å². The van der Waals surface area contributed by atoms with Crippen LogP contribution in [0.2, 0.25) is 0 Å². The van der Waals surface area contributed by atoms with Crippen LogP contribution in [-0.2, 0) is 4.74 Å². The van der Waals surface area contributed by atoms with Gasteiger partial charge in [-0.05, 0) is 43.5 Å². The summed E-state index contributed by atoms with van der Waals surface area (Å²) in [7, 11) is 0. The summed E-state index contributed by atoms with van der Waals surface area (Å²) in [6, 6.07) is 11.9. The minimum absolute atomic E-state index is 0.238. The standard InChI is InChI=1S/C19H19NO3/c1-12-8-13(2)19(14(3)9-12)17-10-15-6-4-5-7-16(15)18(23-17)11-20(21)22/h4-10,18H,11H2,1-3H3. The van der Waals surface area contributed by atoms with Crippen molar-refractivity contribution in [1.29, 1.82) is 0 Å². The molecule has 3 rings (SSSR count). The van der Waals surface area contributed by atoms with Crippen molar-refractivity contribution >= 4 is 11.8 Å². The third-order valence-corrected chi connectivity index (χ3v) is 4.14. The van der Waals surface area contributed by atoms with E-state index in [-0.39, 0.29) is 11.5 Å². The molecule has 2 aromatic carbocycles. The molecule has 1 aliphatic rings. The van der Waals surface area contributed by atoms with Crippen molar-refractivity contribution < 1.29 is 9.66 Å². The monoisotopic (exact) mass is 309 g/mol. The van der Waals surface area contributed by atoms with E-state index in [1.165, 1.54) is 5.56 Å². The van der Waals surface area contributed by atoms with Gasteiger partial charge >= 0.3 is 0 Å². The lowest BCUT2D eigenvalue weighted by Crippen LogP contribution is -2.19. The van der Waals surface area contributed by atoms with Gasteiger partial charge in [-0.15, -0.1) is 0 Å². The van der Waals surface area contributed by atoms with Gasteiger partial charge in [0.05, 0.1) is 0 Å². The molecule has 23 heavy (non-hydrogen) atoms. The SMILES string of the molecule is Cc1cc(C)c(C2=Cc3ccccc3C(C[N+](=O)[O-])O2)c(C)c1. The first-order chi connectivity index (χ1) is 11.0. The highest BCUT2D eigenvalue weighted by molar-refractivity contribution is 5.83. The molecular weight excluding hydrogens is 290 g/mol. The number of nitrogens with zero attached hydrogens (tertiary/aromatic N) is 1. The van der Waals surface area contributed by atoms with Gasteiger partial charge in [0.15, 0.2) is 6.10 Å². The van der Waals surface area contributed by atoms with Gasteiger partial charge in [-0.2, -0.15) is 0 Å². The summed E-state index contributed by atoms with van der Waals surface area (Å²) in [6.07, 6.45) is 1.43. The first-order valence-corrected chi connectivity index (χ1v) is 7.63. The van der Waals surface area contributed by atoms with E-state index in [1.807, 2.05) is 44.2 Å². The third-order valence-electron chi connectivity index (χ3n) is 4.14. The predicted octanol–water partition coefficient (Wildman–Crippen LogP) is 4.46. The number of aryl methyl sites for hydroxylation is 3. The number of rotatable bonds is 3. The van der Waals surface area contributed by atoms with Crippen LogP contribution in [0.15, 0.2) is 36.4 Å². The predicted molar refractivity (Wildman–Crippen MR) is 90.7 cm³/mol. The molecule has 1 unspecified atom stereocenters. The number of benzene rings is 2. The molecule has 1 atom stereocenters. The average molecular weight is 309 g/mol. The van der Waals surface area contributed by atoms with Crippen LogP contribution in [0.3, 0.4) is 0 Å². The normalized spacial score (nSPS) is 16.3. The van der Waals surface area contributed by atoms with E-state index in [0.717, 1.165) is 27.8 Å². The van der Waals surface area contributed by atoms with E-state index in [9.17, 15) is 10.1 Å². The van der Waals surface area contributed by atoms with Gasteiger partial charge in [-0.1, -0.05) is 42.0 Å². The van der Waals surface area contributed by atoms with Crippen LogP contribution in [0.25, 0.3) is 11.8 Å². The zero-order valence-electron chi connectivity index (χ0n) is 13.5. The first-order valence-electron chi connectivity index (χ1n) is 7.63. The fraction of sp³-hybridized carbons (Fsp3) is 0.263. The van der Waals surface area contributed by atoms with Crippen molar-refractivity contribution in [3.8, 4) is 0 Å². The van der Waals surface area contributed by atoms with Gasteiger partial charge in [0.2, 0.25) is 6.54 Å². The Morgan fingerprint density at radius 3 is 2.43 bits per heavy atom. The molecule has 0 aliphatic carbocycles. The molecule has 0 bridgehead atoms. The van der Waals surface area contributed by atoms with Crippen molar-refractivity contribution in [3.05, 3.63) is 79.9 Å². The topological polar surface area (TPSA) is 52.4 Å². The first kappa shape index (κ1) is 15.3. The van der Waals surface area contributed by atoms with Crippen LogP contribution in [0.4, 0.5) is 0 Å². The molecule has 0 saturated carbocycles. The summed E-state index contributed by atoms with van der Waals surface area (Å²) < 4.78 is 6.03. The second-order valence-electron chi connectivity index (χ2n) is 6.03. The summed E-state index contributed by atoms with van der Waals surface area (Å²) >= 11 is 0. The lowest BCUT2D eigenvalue weighted by atomic mass is 9.93. The quantitative estimate of drug-likeness (QED) is 0.621. The highest BCUT2D eigenvalue weighted by Crippen LogP contribution is 2.37. The molecular formula is C19H19NO3. The second kappa shape index (κ2) is 5.88. The summed E-state index contributed by atoms with van der Waals surface area (Å²) in [4.78, 5) is 10.7. The van der Waals surface area contributed by atoms with Crippen molar-refractivity contribution in [3.63, 3.8) is 0 Å². The Morgan fingerprint density at radius 2 is 1.78 bits per heavy atom. The molecule has 0 saturated heterocycles. The van der Waals surface area contributed by atoms with E-state index < -0.39 is 6.10 Å². The minimum Gasteiger partial charge on any atom is -0.478 e. The lowest BCUT2D eigenvalue weighted by Gasteiger charge is -2.26. The van der Waals surface area contributed by atoms with Crippen LogP contribution in [0, 0.1) is 30.9 Å². The lowest BCUT2D eigenvalue weighted by molar-refractivity contribution is -0.491. The van der Waals surface area contributed by atoms with E-state index in [1.54, 1.807) is 0 Å². The van der Waals surface area contributed by atoms with Crippen molar-refractivity contribution in [2.24, 2.45) is 0 Å². The maximum atomic E-state index is 11.0. The maximum absolute atomic E-state index is 11.0. The number of hydrogen-bond acceptors (Lipinski definition) is 3. The highest BCUT2D eigenvalue weighted by atomic mass is 16.6. The second-order valence-corrected chi connectivity index (χ2v) is 6.03. The molecule has 0 spiro atoms. The molecule has 2 aromatic rings. The van der Waals surface area contributed by atoms with Gasteiger partial charge in [0.25, 0.3) is 0 Å². The van der Waals surface area contributed by atoms with Crippen molar-refractivity contribution in [2.45, 2.75) is 26.9 Å². The average Bonchev–Trinajstić information content (AvgIpc) is 2.45. The molecule has 0 amide bonds. The summed E-state index contributed by atoms with van der Waals surface area (Å²) in [5.41, 5.74) is 6.32. The molecule has 1 heterocycles. The largest absolute Gasteiger partial charge is 0.478 e. The number of fused-ring (bicyclic) bond motifs is 1. The molecule has 0 fully saturated rings. The zero-order valence-corrected chi connectivity index (χ0v) is 13.5. The van der Waals surface area contributed by atoms with Crippen LogP contribution < -0.4 is 0 Å². The van der Waals surface area contributed by atoms with Crippen molar-refractivity contribution in [2.75, 3.05) is 6.54 Å². The van der Waals surface area contributed by atoms with Crippen LogP contribution in [0.5, 0.6) is 0 Å². The van der Waals surface area contributed by atoms with E-state index in [4.69, 9.17) is 4.74 Å². The Hall–Kier alpha value is -2.62. The maximum Gasteiger partial charge on any atom is 0.244 e. The smallest absolute Gasteiger partial charge is 0.244 e. The van der Waals surface area contributed by atoms with Crippen LogP contribution in [-0.4, -0.2) is 11.5 Å². The minimum atomic E-state index is -0.554. The molecule has 0 N–H and O–H groups in total. The van der Waals surface area contributed by atoms with E-state index >= 15 is 0 Å². The van der Waals surface area contributed by atoms with E-state index in [2.05, 4.69) is 19.1 Å². The number of ether oxygens (including phenoxy) is 1. The Bertz CT molecular complexity index is 785. The molecule has 1 aliphatic heterocycles. The Balaban J connectivity index is 2.11.